The second-order valence-electron chi connectivity index (χ2n) is 5.04. The first-order valence-electron chi connectivity index (χ1n) is 6.64. The largest absolute Gasteiger partial charge is 0.315 e. The zero-order valence-corrected chi connectivity index (χ0v) is 12.8. The van der Waals surface area contributed by atoms with Gasteiger partial charge in [-0.15, -0.1) is 0 Å². The highest BCUT2D eigenvalue weighted by molar-refractivity contribution is 7.92. The van der Waals surface area contributed by atoms with Crippen molar-refractivity contribution in [3.63, 3.8) is 0 Å². The summed E-state index contributed by atoms with van der Waals surface area (Å²) in [7, 11) is -3.62. The monoisotopic (exact) mass is 322 g/mol. The molecule has 1 heterocycles. The van der Waals surface area contributed by atoms with Gasteiger partial charge in [0.1, 0.15) is 0 Å². The van der Waals surface area contributed by atoms with E-state index in [4.69, 9.17) is 11.6 Å². The molecular weight excluding hydrogens is 308 g/mol. The predicted octanol–water partition coefficient (Wildman–Crippen LogP) is 2.83. The fourth-order valence-corrected chi connectivity index (χ4v) is 3.58. The van der Waals surface area contributed by atoms with Crippen LogP contribution in [0.5, 0.6) is 0 Å². The van der Waals surface area contributed by atoms with Gasteiger partial charge in [0.2, 0.25) is 0 Å². The first kappa shape index (κ1) is 14.4. The predicted molar refractivity (Wildman–Crippen MR) is 84.3 cm³/mol. The van der Waals surface area contributed by atoms with Crippen LogP contribution in [0.2, 0.25) is 5.02 Å². The van der Waals surface area contributed by atoms with Gasteiger partial charge < -0.3 is 5.32 Å². The van der Waals surface area contributed by atoms with Gasteiger partial charge >= 0.3 is 0 Å². The van der Waals surface area contributed by atoms with Crippen molar-refractivity contribution in [2.45, 2.75) is 10.8 Å². The van der Waals surface area contributed by atoms with Crippen molar-refractivity contribution in [1.29, 1.82) is 0 Å². The Balaban J connectivity index is 1.85. The molecule has 0 radical (unpaired) electrons. The average molecular weight is 323 g/mol. The Morgan fingerprint density at radius 3 is 2.52 bits per heavy atom. The summed E-state index contributed by atoms with van der Waals surface area (Å²) in [6, 6.07) is 13.7. The minimum absolute atomic E-state index is 0.158. The Kier molecular flexibility index (Phi) is 3.89. The molecule has 4 nitrogen and oxygen atoms in total. The third-order valence-corrected chi connectivity index (χ3v) is 5.11. The Labute approximate surface area is 129 Å². The standard InChI is InChI=1S/C15H15ClN2O2S/c16-13-4-2-6-15(8-13)21(19,20)18-14-5-1-3-11(7-14)12-9-17-10-12/h1-8,12,17-18H,9-10H2. The van der Waals surface area contributed by atoms with E-state index in [-0.39, 0.29) is 4.90 Å². The fourth-order valence-electron chi connectivity index (χ4n) is 2.23. The second kappa shape index (κ2) is 5.67. The van der Waals surface area contributed by atoms with E-state index in [1.165, 1.54) is 12.1 Å². The summed E-state index contributed by atoms with van der Waals surface area (Å²) in [4.78, 5) is 0.158. The van der Waals surface area contributed by atoms with Crippen molar-refractivity contribution < 1.29 is 8.42 Å². The third-order valence-electron chi connectivity index (χ3n) is 3.50. The van der Waals surface area contributed by atoms with Gasteiger partial charge in [-0.1, -0.05) is 29.8 Å². The molecule has 0 amide bonds. The lowest BCUT2D eigenvalue weighted by molar-refractivity contribution is 0.448. The first-order chi connectivity index (χ1) is 10.0. The molecule has 21 heavy (non-hydrogen) atoms. The van der Waals surface area contributed by atoms with Crippen LogP contribution in [0.15, 0.2) is 53.4 Å². The van der Waals surface area contributed by atoms with Gasteiger partial charge in [0.25, 0.3) is 10.0 Å². The maximum absolute atomic E-state index is 12.3. The Morgan fingerprint density at radius 2 is 1.86 bits per heavy atom. The lowest BCUT2D eigenvalue weighted by Crippen LogP contribution is -2.39. The van der Waals surface area contributed by atoms with Crippen LogP contribution in [0.25, 0.3) is 0 Å². The molecule has 3 rings (SSSR count). The van der Waals surface area contributed by atoms with Gasteiger partial charge in [-0.2, -0.15) is 0 Å². The minimum Gasteiger partial charge on any atom is -0.315 e. The van der Waals surface area contributed by atoms with Crippen LogP contribution in [0.3, 0.4) is 0 Å². The highest BCUT2D eigenvalue weighted by atomic mass is 35.5. The Bertz CT molecular complexity index is 758. The summed E-state index contributed by atoms with van der Waals surface area (Å²) in [5, 5.41) is 3.60. The summed E-state index contributed by atoms with van der Waals surface area (Å²) >= 11 is 5.85. The molecule has 0 atom stereocenters. The zero-order chi connectivity index (χ0) is 14.9. The molecule has 0 aromatic heterocycles. The number of halogens is 1. The van der Waals surface area contributed by atoms with E-state index in [1.54, 1.807) is 18.2 Å². The maximum Gasteiger partial charge on any atom is 0.261 e. The van der Waals surface area contributed by atoms with Crippen LogP contribution in [-0.4, -0.2) is 21.5 Å². The van der Waals surface area contributed by atoms with E-state index in [1.807, 2.05) is 18.2 Å². The van der Waals surface area contributed by atoms with E-state index >= 15 is 0 Å². The van der Waals surface area contributed by atoms with E-state index in [2.05, 4.69) is 10.0 Å². The van der Waals surface area contributed by atoms with Crippen LogP contribution in [-0.2, 0) is 10.0 Å². The van der Waals surface area contributed by atoms with E-state index < -0.39 is 10.0 Å². The molecule has 1 saturated heterocycles. The van der Waals surface area contributed by atoms with Crippen LogP contribution in [0.4, 0.5) is 5.69 Å². The molecule has 0 unspecified atom stereocenters. The van der Waals surface area contributed by atoms with E-state index in [0.29, 0.717) is 16.6 Å². The van der Waals surface area contributed by atoms with E-state index in [9.17, 15) is 8.42 Å². The molecule has 2 N–H and O–H groups in total. The van der Waals surface area contributed by atoms with Crippen molar-refractivity contribution in [3.8, 4) is 0 Å². The molecule has 0 aliphatic carbocycles. The molecule has 6 heteroatoms. The summed E-state index contributed by atoms with van der Waals surface area (Å²) in [5.74, 6) is 0.459. The molecule has 0 saturated carbocycles. The molecule has 2 aromatic carbocycles. The molecule has 1 aliphatic heterocycles. The molecule has 1 aliphatic rings. The number of anilines is 1. The van der Waals surface area contributed by atoms with Crippen LogP contribution < -0.4 is 10.0 Å². The normalized spacial score (nSPS) is 15.5. The summed E-state index contributed by atoms with van der Waals surface area (Å²) in [6.07, 6.45) is 0. The molecule has 0 spiro atoms. The van der Waals surface area contributed by atoms with Gasteiger partial charge in [0, 0.05) is 29.7 Å². The number of hydrogen-bond donors (Lipinski definition) is 2. The van der Waals surface area contributed by atoms with Gasteiger partial charge in [-0.05, 0) is 35.9 Å². The number of hydrogen-bond acceptors (Lipinski definition) is 3. The molecule has 2 aromatic rings. The van der Waals surface area contributed by atoms with Crippen LogP contribution >= 0.6 is 11.6 Å². The fraction of sp³-hybridized carbons (Fsp3) is 0.200. The quantitative estimate of drug-likeness (QED) is 0.910. The SMILES string of the molecule is O=S(=O)(Nc1cccc(C2CNC2)c1)c1cccc(Cl)c1. The lowest BCUT2D eigenvalue weighted by Gasteiger charge is -2.27. The lowest BCUT2D eigenvalue weighted by atomic mass is 9.94. The van der Waals surface area contributed by atoms with Gasteiger partial charge in [0.05, 0.1) is 4.90 Å². The number of nitrogens with one attached hydrogen (secondary N) is 2. The van der Waals surface area contributed by atoms with E-state index in [0.717, 1.165) is 18.7 Å². The van der Waals surface area contributed by atoms with Gasteiger partial charge in [-0.3, -0.25) is 4.72 Å². The molecule has 0 bridgehead atoms. The van der Waals surface area contributed by atoms with Crippen molar-refractivity contribution in [3.05, 3.63) is 59.1 Å². The zero-order valence-electron chi connectivity index (χ0n) is 11.2. The highest BCUT2D eigenvalue weighted by Gasteiger charge is 2.20. The van der Waals surface area contributed by atoms with Crippen molar-refractivity contribution in [1.82, 2.24) is 5.32 Å². The van der Waals surface area contributed by atoms with Crippen molar-refractivity contribution in [2.24, 2.45) is 0 Å². The summed E-state index contributed by atoms with van der Waals surface area (Å²) in [6.45, 7) is 1.87. The van der Waals surface area contributed by atoms with Gasteiger partial charge in [0.15, 0.2) is 0 Å². The number of sulfonamides is 1. The van der Waals surface area contributed by atoms with Crippen molar-refractivity contribution >= 4 is 27.3 Å². The highest BCUT2D eigenvalue weighted by Crippen LogP contribution is 2.24. The van der Waals surface area contributed by atoms with Crippen molar-refractivity contribution in [2.75, 3.05) is 17.8 Å². The Morgan fingerprint density at radius 1 is 1.10 bits per heavy atom. The number of benzene rings is 2. The van der Waals surface area contributed by atoms with Crippen LogP contribution in [0, 0.1) is 0 Å². The number of rotatable bonds is 4. The molecular formula is C15H15ClN2O2S. The molecule has 110 valence electrons. The molecule has 1 fully saturated rings. The first-order valence-corrected chi connectivity index (χ1v) is 8.50. The smallest absolute Gasteiger partial charge is 0.261 e. The van der Waals surface area contributed by atoms with Gasteiger partial charge in [-0.25, -0.2) is 8.42 Å². The summed E-state index contributed by atoms with van der Waals surface area (Å²) < 4.78 is 27.3. The average Bonchev–Trinajstić information content (AvgIpc) is 2.36. The topological polar surface area (TPSA) is 58.2 Å². The minimum atomic E-state index is -3.62. The second-order valence-corrected chi connectivity index (χ2v) is 7.16. The maximum atomic E-state index is 12.3. The van der Waals surface area contributed by atoms with Crippen LogP contribution in [0.1, 0.15) is 11.5 Å². The summed E-state index contributed by atoms with van der Waals surface area (Å²) in [5.41, 5.74) is 1.71. The third kappa shape index (κ3) is 3.20. The Hall–Kier alpha value is -1.56.